The highest BCUT2D eigenvalue weighted by molar-refractivity contribution is 5.98. The van der Waals surface area contributed by atoms with Crippen LogP contribution in [0.4, 0.5) is 0 Å². The first-order valence-electron chi connectivity index (χ1n) is 21.3. The number of rotatable bonds is 6. The highest BCUT2D eigenvalue weighted by Crippen LogP contribution is 2.52. The summed E-state index contributed by atoms with van der Waals surface area (Å²) in [6, 6.07) is 53.3. The van der Waals surface area contributed by atoms with Gasteiger partial charge in [-0.2, -0.15) is 0 Å². The van der Waals surface area contributed by atoms with Crippen LogP contribution in [0.2, 0.25) is 0 Å². The van der Waals surface area contributed by atoms with Crippen LogP contribution in [0.15, 0.2) is 152 Å². The summed E-state index contributed by atoms with van der Waals surface area (Å²) in [5.41, 5.74) is 14.1. The normalized spacial score (nSPS) is 17.1. The Bertz CT molecular complexity index is 2850. The summed E-state index contributed by atoms with van der Waals surface area (Å²) >= 11 is 0. The maximum absolute atomic E-state index is 5.11. The van der Waals surface area contributed by atoms with Gasteiger partial charge < -0.3 is 0 Å². The first-order chi connectivity index (χ1) is 28.6. The second kappa shape index (κ2) is 14.5. The van der Waals surface area contributed by atoms with E-state index in [4.69, 9.17) is 19.9 Å². The molecule has 290 valence electrons. The van der Waals surface area contributed by atoms with E-state index < -0.39 is 0 Å². The molecule has 8 aromatic rings. The van der Waals surface area contributed by atoms with Crippen LogP contribution in [0.5, 0.6) is 0 Å². The number of hydrogen-bond donors (Lipinski definition) is 0. The molecule has 2 aliphatic carbocycles. The smallest absolute Gasteiger partial charge is 0.165 e. The van der Waals surface area contributed by atoms with Gasteiger partial charge in [-0.1, -0.05) is 169 Å². The maximum Gasteiger partial charge on any atom is 0.165 e. The van der Waals surface area contributed by atoms with Crippen LogP contribution >= 0.6 is 0 Å². The molecule has 2 aromatic heterocycles. The first kappa shape index (κ1) is 37.0. The van der Waals surface area contributed by atoms with Crippen molar-refractivity contribution >= 4 is 10.8 Å². The van der Waals surface area contributed by atoms with Gasteiger partial charge in [-0.25, -0.2) is 15.0 Å². The van der Waals surface area contributed by atoms with E-state index in [1.165, 1.54) is 75.4 Å². The van der Waals surface area contributed by atoms with Crippen molar-refractivity contribution in [1.82, 2.24) is 19.9 Å². The molecule has 59 heavy (non-hydrogen) atoms. The molecule has 1 fully saturated rings. The van der Waals surface area contributed by atoms with E-state index in [-0.39, 0.29) is 10.8 Å². The lowest BCUT2D eigenvalue weighted by atomic mass is 9.72. The van der Waals surface area contributed by atoms with Crippen molar-refractivity contribution in [3.63, 3.8) is 0 Å². The molecule has 10 rings (SSSR count). The number of benzene rings is 6. The quantitative estimate of drug-likeness (QED) is 0.169. The molecule has 4 nitrogen and oxygen atoms in total. The summed E-state index contributed by atoms with van der Waals surface area (Å²) in [4.78, 5) is 20.2. The zero-order valence-electron chi connectivity index (χ0n) is 34.7. The van der Waals surface area contributed by atoms with Crippen molar-refractivity contribution < 1.29 is 0 Å². The summed E-state index contributed by atoms with van der Waals surface area (Å²) in [7, 11) is 0. The van der Waals surface area contributed by atoms with Gasteiger partial charge in [0.15, 0.2) is 11.6 Å². The summed E-state index contributed by atoms with van der Waals surface area (Å²) < 4.78 is 0. The Morgan fingerprint density at radius 3 is 1.93 bits per heavy atom. The predicted octanol–water partition coefficient (Wildman–Crippen LogP) is 14.1. The van der Waals surface area contributed by atoms with Crippen molar-refractivity contribution in [2.45, 2.75) is 83.0 Å². The van der Waals surface area contributed by atoms with Crippen molar-refractivity contribution in [2.24, 2.45) is 0 Å². The van der Waals surface area contributed by atoms with Crippen LogP contribution in [0, 0.1) is 0 Å². The Kier molecular flexibility index (Phi) is 9.12. The largest absolute Gasteiger partial charge is 0.255 e. The molecule has 0 bridgehead atoms. The van der Waals surface area contributed by atoms with Gasteiger partial charge in [0.2, 0.25) is 0 Å². The van der Waals surface area contributed by atoms with Crippen LogP contribution in [-0.2, 0) is 10.8 Å². The second-order valence-corrected chi connectivity index (χ2v) is 18.2. The minimum Gasteiger partial charge on any atom is -0.255 e. The molecule has 2 aliphatic rings. The van der Waals surface area contributed by atoms with Gasteiger partial charge >= 0.3 is 0 Å². The van der Waals surface area contributed by atoms with Crippen LogP contribution in [0.1, 0.15) is 100 Å². The van der Waals surface area contributed by atoms with Crippen LogP contribution in [0.25, 0.3) is 67.1 Å². The molecule has 2 unspecified atom stereocenters. The summed E-state index contributed by atoms with van der Waals surface area (Å²) in [5, 5.41) is 2.61. The number of aromatic nitrogens is 4. The topological polar surface area (TPSA) is 51.6 Å². The molecule has 1 saturated carbocycles. The van der Waals surface area contributed by atoms with E-state index in [9.17, 15) is 0 Å². The molecular formula is C55H50N4. The van der Waals surface area contributed by atoms with E-state index in [1.54, 1.807) is 0 Å². The third kappa shape index (κ3) is 6.75. The molecule has 0 spiro atoms. The molecule has 0 N–H and O–H groups in total. The maximum atomic E-state index is 5.11. The third-order valence-corrected chi connectivity index (χ3v) is 12.9. The van der Waals surface area contributed by atoms with E-state index in [2.05, 4.69) is 180 Å². The summed E-state index contributed by atoms with van der Waals surface area (Å²) in [5.74, 6) is 3.13. The number of pyridine rings is 1. The molecule has 2 atom stereocenters. The van der Waals surface area contributed by atoms with E-state index in [0.29, 0.717) is 23.5 Å². The fourth-order valence-electron chi connectivity index (χ4n) is 9.84. The van der Waals surface area contributed by atoms with E-state index in [1.807, 2.05) is 6.20 Å². The number of fused-ring (bicyclic) bond motifs is 5. The summed E-state index contributed by atoms with van der Waals surface area (Å²) in [6.45, 7) is 11.2. The lowest BCUT2D eigenvalue weighted by molar-refractivity contribution is 0.386. The van der Waals surface area contributed by atoms with Crippen molar-refractivity contribution in [3.05, 3.63) is 180 Å². The SMILES string of the molecule is CC(C)(C)c1nc(-c2ccc(-c3ccc4c(c3)C(C)(C)c3c-4ccc4ccccc34)nc2)nc(-c2cccc(-c3cccc(C4CCCCC4c4ccccc4)c3)c2)n1. The Morgan fingerprint density at radius 1 is 0.525 bits per heavy atom. The summed E-state index contributed by atoms with van der Waals surface area (Å²) in [6.07, 6.45) is 6.95. The van der Waals surface area contributed by atoms with Gasteiger partial charge in [0, 0.05) is 33.7 Å². The minimum atomic E-state index is -0.277. The van der Waals surface area contributed by atoms with Crippen LogP contribution in [0.3, 0.4) is 0 Å². The molecule has 4 heteroatoms. The average Bonchev–Trinajstić information content (AvgIpc) is 3.52. The van der Waals surface area contributed by atoms with Gasteiger partial charge in [-0.05, 0) is 104 Å². The molecule has 6 aromatic carbocycles. The second-order valence-electron chi connectivity index (χ2n) is 18.2. The Labute approximate surface area is 348 Å². The lowest BCUT2D eigenvalue weighted by Crippen LogP contribution is -2.18. The monoisotopic (exact) mass is 766 g/mol. The fourth-order valence-corrected chi connectivity index (χ4v) is 9.84. The lowest BCUT2D eigenvalue weighted by Gasteiger charge is -2.32. The van der Waals surface area contributed by atoms with Gasteiger partial charge in [0.05, 0.1) is 5.69 Å². The molecule has 0 saturated heterocycles. The van der Waals surface area contributed by atoms with Gasteiger partial charge in [0.25, 0.3) is 0 Å². The van der Waals surface area contributed by atoms with Crippen LogP contribution < -0.4 is 0 Å². The third-order valence-electron chi connectivity index (χ3n) is 12.9. The Balaban J connectivity index is 0.961. The highest BCUT2D eigenvalue weighted by Gasteiger charge is 2.37. The zero-order valence-corrected chi connectivity index (χ0v) is 34.7. The predicted molar refractivity (Wildman–Crippen MR) is 244 cm³/mol. The van der Waals surface area contributed by atoms with Gasteiger partial charge in [-0.15, -0.1) is 0 Å². The molecule has 0 amide bonds. The molecule has 0 aliphatic heterocycles. The van der Waals surface area contributed by atoms with Crippen molar-refractivity contribution in [2.75, 3.05) is 0 Å². The van der Waals surface area contributed by atoms with Crippen molar-refractivity contribution in [1.29, 1.82) is 0 Å². The van der Waals surface area contributed by atoms with Crippen LogP contribution in [-0.4, -0.2) is 19.9 Å². The van der Waals surface area contributed by atoms with E-state index >= 15 is 0 Å². The fraction of sp³-hybridized carbons (Fsp3) is 0.236. The highest BCUT2D eigenvalue weighted by atomic mass is 15.0. The minimum absolute atomic E-state index is 0.132. The van der Waals surface area contributed by atoms with Gasteiger partial charge in [-0.3, -0.25) is 4.98 Å². The zero-order chi connectivity index (χ0) is 40.3. The van der Waals surface area contributed by atoms with Crippen molar-refractivity contribution in [3.8, 4) is 56.3 Å². The first-order valence-corrected chi connectivity index (χ1v) is 21.3. The van der Waals surface area contributed by atoms with E-state index in [0.717, 1.165) is 33.8 Å². The van der Waals surface area contributed by atoms with Gasteiger partial charge in [0.1, 0.15) is 5.82 Å². The Morgan fingerprint density at radius 2 is 1.17 bits per heavy atom. The molecule has 0 radical (unpaired) electrons. The average molecular weight is 767 g/mol. The molecular weight excluding hydrogens is 717 g/mol. The number of nitrogens with zero attached hydrogens (tertiary/aromatic N) is 4. The number of hydrogen-bond acceptors (Lipinski definition) is 4. The molecule has 2 heterocycles. The standard InChI is InChI=1S/C55H50N4/c1-54(2,3)53-58-51(41-21-14-19-38(32-41)37-18-13-20-39(31-37)44-23-12-11-22-43(44)35-15-7-6-8-16-35)57-52(59-53)42-27-30-49(56-34-42)40-26-28-46-47-29-25-36-17-9-10-24-45(36)50(47)55(4,5)48(46)33-40/h6-10,13-21,24-34,43-44H,11-12,22-23H2,1-5H3. The Hall–Kier alpha value is -6.26.